The highest BCUT2D eigenvalue weighted by atomic mass is 16.5. The third-order valence-electron chi connectivity index (χ3n) is 4.15. The average Bonchev–Trinajstić information content (AvgIpc) is 3.00. The fourth-order valence-electron chi connectivity index (χ4n) is 2.53. The van der Waals surface area contributed by atoms with Crippen LogP contribution in [0.2, 0.25) is 0 Å². The zero-order valence-electron chi connectivity index (χ0n) is 16.4. The summed E-state index contributed by atoms with van der Waals surface area (Å²) < 4.78 is 12.3. The fraction of sp³-hybridized carbons (Fsp3) is 0.421. The zero-order valence-corrected chi connectivity index (χ0v) is 16.4. The van der Waals surface area contributed by atoms with Gasteiger partial charge in [-0.3, -0.25) is 14.3 Å². The molecule has 0 bridgehead atoms. The number of amides is 2. The van der Waals surface area contributed by atoms with Crippen molar-refractivity contribution < 1.29 is 19.1 Å². The van der Waals surface area contributed by atoms with Gasteiger partial charge in [0.25, 0.3) is 11.8 Å². The molecule has 27 heavy (non-hydrogen) atoms. The first-order valence-electron chi connectivity index (χ1n) is 8.77. The lowest BCUT2D eigenvalue weighted by Crippen LogP contribution is -2.24. The third-order valence-corrected chi connectivity index (χ3v) is 4.15. The lowest BCUT2D eigenvalue weighted by molar-refractivity contribution is 0.0951. The molecule has 0 radical (unpaired) electrons. The lowest BCUT2D eigenvalue weighted by atomic mass is 10.1. The van der Waals surface area contributed by atoms with Gasteiger partial charge in [0.2, 0.25) is 0 Å². The highest BCUT2D eigenvalue weighted by molar-refractivity contribution is 6.05. The van der Waals surface area contributed by atoms with E-state index in [-0.39, 0.29) is 11.6 Å². The van der Waals surface area contributed by atoms with Crippen molar-refractivity contribution in [1.29, 1.82) is 0 Å². The van der Waals surface area contributed by atoms with Crippen LogP contribution in [0.25, 0.3) is 0 Å². The number of methoxy groups -OCH3 is 2. The van der Waals surface area contributed by atoms with Crippen LogP contribution in [0, 0.1) is 6.92 Å². The summed E-state index contributed by atoms with van der Waals surface area (Å²) in [6.45, 7) is 4.49. The number of hydrogen-bond donors (Lipinski definition) is 2. The number of carbonyl (C=O) groups excluding carboxylic acids is 2. The van der Waals surface area contributed by atoms with Crippen LogP contribution < -0.4 is 20.1 Å². The molecule has 146 valence electrons. The molecule has 0 fully saturated rings. The maximum atomic E-state index is 12.6. The van der Waals surface area contributed by atoms with Crippen molar-refractivity contribution in [3.05, 3.63) is 35.2 Å². The van der Waals surface area contributed by atoms with Crippen LogP contribution in [0.4, 0.5) is 5.69 Å². The Morgan fingerprint density at radius 1 is 1.15 bits per heavy atom. The minimum atomic E-state index is -0.400. The second-order valence-corrected chi connectivity index (χ2v) is 6.12. The Morgan fingerprint density at radius 3 is 2.44 bits per heavy atom. The predicted octanol–water partition coefficient (Wildman–Crippen LogP) is 2.53. The van der Waals surface area contributed by atoms with Crippen LogP contribution in [0.3, 0.4) is 0 Å². The number of nitrogens with one attached hydrogen (secondary N) is 2. The van der Waals surface area contributed by atoms with E-state index < -0.39 is 5.91 Å². The van der Waals surface area contributed by atoms with Crippen molar-refractivity contribution in [3.63, 3.8) is 0 Å². The molecule has 2 rings (SSSR count). The largest absolute Gasteiger partial charge is 0.493 e. The molecule has 0 unspecified atom stereocenters. The van der Waals surface area contributed by atoms with E-state index in [0.717, 1.165) is 18.5 Å². The molecule has 0 atom stereocenters. The van der Waals surface area contributed by atoms with Crippen molar-refractivity contribution in [2.45, 2.75) is 26.7 Å². The van der Waals surface area contributed by atoms with E-state index in [9.17, 15) is 9.59 Å². The molecule has 1 heterocycles. The number of benzene rings is 1. The number of aromatic nitrogens is 2. The van der Waals surface area contributed by atoms with E-state index >= 15 is 0 Å². The van der Waals surface area contributed by atoms with E-state index in [1.54, 1.807) is 29.9 Å². The van der Waals surface area contributed by atoms with Crippen LogP contribution in [-0.2, 0) is 7.05 Å². The molecule has 2 aromatic rings. The molecule has 8 heteroatoms. The molecule has 1 aromatic carbocycles. The molecule has 0 aliphatic carbocycles. The van der Waals surface area contributed by atoms with E-state index in [2.05, 4.69) is 22.7 Å². The highest BCUT2D eigenvalue weighted by Crippen LogP contribution is 2.36. The van der Waals surface area contributed by atoms with E-state index in [4.69, 9.17) is 9.47 Å². The molecule has 1 aromatic heterocycles. The Bertz CT molecular complexity index is 810. The van der Waals surface area contributed by atoms with Gasteiger partial charge in [0.15, 0.2) is 17.2 Å². The second-order valence-electron chi connectivity index (χ2n) is 6.12. The number of rotatable bonds is 8. The zero-order chi connectivity index (χ0) is 20.0. The number of ether oxygens (including phenoxy) is 2. The number of hydrogen-bond acceptors (Lipinski definition) is 5. The Balaban J connectivity index is 2.33. The average molecular weight is 374 g/mol. The molecule has 0 spiro atoms. The first-order chi connectivity index (χ1) is 12.9. The molecule has 0 saturated heterocycles. The summed E-state index contributed by atoms with van der Waals surface area (Å²) in [6.07, 6.45) is 1.87. The maximum Gasteiger partial charge on any atom is 0.276 e. The van der Waals surface area contributed by atoms with Crippen LogP contribution in [0.15, 0.2) is 18.2 Å². The molecular formula is C19H26N4O4. The van der Waals surface area contributed by atoms with Gasteiger partial charge in [-0.2, -0.15) is 5.10 Å². The maximum absolute atomic E-state index is 12.6. The standard InChI is InChI=1S/C19H26N4O4/c1-6-7-8-20-18(24)13-10-14(17(27-5)16(11-13)26-4)21-19(25)15-9-12(2)23(3)22-15/h9-11H,6-8H2,1-5H3,(H,20,24)(H,21,25). The summed E-state index contributed by atoms with van der Waals surface area (Å²) in [5.41, 5.74) is 1.84. The Labute approximate surface area is 158 Å². The van der Waals surface area contributed by atoms with Gasteiger partial charge in [-0.25, -0.2) is 0 Å². The highest BCUT2D eigenvalue weighted by Gasteiger charge is 2.19. The fourth-order valence-corrected chi connectivity index (χ4v) is 2.53. The number of carbonyl (C=O) groups is 2. The van der Waals surface area contributed by atoms with Gasteiger partial charge in [-0.15, -0.1) is 0 Å². The molecule has 2 N–H and O–H groups in total. The van der Waals surface area contributed by atoms with Crippen molar-refractivity contribution in [1.82, 2.24) is 15.1 Å². The molecule has 0 aliphatic heterocycles. The molecular weight excluding hydrogens is 348 g/mol. The minimum absolute atomic E-state index is 0.242. The smallest absolute Gasteiger partial charge is 0.276 e. The summed E-state index contributed by atoms with van der Waals surface area (Å²) in [5.74, 6) is 0.0490. The van der Waals surface area contributed by atoms with Crippen molar-refractivity contribution in [2.24, 2.45) is 7.05 Å². The van der Waals surface area contributed by atoms with Crippen molar-refractivity contribution >= 4 is 17.5 Å². The lowest BCUT2D eigenvalue weighted by Gasteiger charge is -2.15. The summed E-state index contributed by atoms with van der Waals surface area (Å²) in [4.78, 5) is 25.0. The number of aryl methyl sites for hydroxylation is 2. The topological polar surface area (TPSA) is 94.5 Å². The predicted molar refractivity (Wildman–Crippen MR) is 103 cm³/mol. The van der Waals surface area contributed by atoms with Gasteiger partial charge in [-0.1, -0.05) is 13.3 Å². The minimum Gasteiger partial charge on any atom is -0.493 e. The summed E-state index contributed by atoms with van der Waals surface area (Å²) in [7, 11) is 4.71. The monoisotopic (exact) mass is 374 g/mol. The van der Waals surface area contributed by atoms with Crippen molar-refractivity contribution in [2.75, 3.05) is 26.1 Å². The Morgan fingerprint density at radius 2 is 1.89 bits per heavy atom. The van der Waals surface area contributed by atoms with Gasteiger partial charge in [0, 0.05) is 24.8 Å². The first kappa shape index (κ1) is 20.3. The van der Waals surface area contributed by atoms with Crippen LogP contribution in [0.1, 0.15) is 46.3 Å². The van der Waals surface area contributed by atoms with Crippen LogP contribution in [-0.4, -0.2) is 42.4 Å². The number of unbranched alkanes of at least 4 members (excludes halogenated alkanes) is 1. The SMILES string of the molecule is CCCCNC(=O)c1cc(NC(=O)c2cc(C)n(C)n2)c(OC)c(OC)c1. The quantitative estimate of drug-likeness (QED) is 0.693. The third kappa shape index (κ3) is 4.78. The summed E-state index contributed by atoms with van der Waals surface area (Å²) in [6, 6.07) is 4.83. The summed E-state index contributed by atoms with van der Waals surface area (Å²) in [5, 5.41) is 9.77. The second kappa shape index (κ2) is 9.07. The Hall–Kier alpha value is -3.03. The van der Waals surface area contributed by atoms with Crippen molar-refractivity contribution in [3.8, 4) is 11.5 Å². The van der Waals surface area contributed by atoms with E-state index in [0.29, 0.717) is 29.3 Å². The van der Waals surface area contributed by atoms with Gasteiger partial charge < -0.3 is 20.1 Å². The van der Waals surface area contributed by atoms with Crippen LogP contribution in [0.5, 0.6) is 11.5 Å². The van der Waals surface area contributed by atoms with Crippen LogP contribution >= 0.6 is 0 Å². The molecule has 2 amide bonds. The van der Waals surface area contributed by atoms with Gasteiger partial charge in [0.05, 0.1) is 19.9 Å². The Kier molecular flexibility index (Phi) is 6.81. The number of anilines is 1. The van der Waals surface area contributed by atoms with Gasteiger partial charge >= 0.3 is 0 Å². The van der Waals surface area contributed by atoms with E-state index in [1.807, 2.05) is 6.92 Å². The molecule has 8 nitrogen and oxygen atoms in total. The molecule has 0 aliphatic rings. The van der Waals surface area contributed by atoms with Gasteiger partial charge in [-0.05, 0) is 31.5 Å². The van der Waals surface area contributed by atoms with Gasteiger partial charge in [0.1, 0.15) is 0 Å². The molecule has 0 saturated carbocycles. The first-order valence-corrected chi connectivity index (χ1v) is 8.77. The number of nitrogens with zero attached hydrogens (tertiary/aromatic N) is 2. The van der Waals surface area contributed by atoms with E-state index in [1.165, 1.54) is 14.2 Å². The normalized spacial score (nSPS) is 10.4. The summed E-state index contributed by atoms with van der Waals surface area (Å²) >= 11 is 0.